The van der Waals surface area contributed by atoms with Gasteiger partial charge in [-0.15, -0.1) is 0 Å². The van der Waals surface area contributed by atoms with Gasteiger partial charge in [0.1, 0.15) is 5.54 Å². The van der Waals surface area contributed by atoms with Gasteiger partial charge in [0, 0.05) is 38.6 Å². The number of nitrogens with zero attached hydrogens (tertiary/aromatic N) is 5. The first-order valence-corrected chi connectivity index (χ1v) is 10.4. The third-order valence-corrected chi connectivity index (χ3v) is 5.71. The number of carbonyl (C=O) groups is 2. The van der Waals surface area contributed by atoms with E-state index in [4.69, 9.17) is 0 Å². The predicted molar refractivity (Wildman–Crippen MR) is 114 cm³/mol. The minimum absolute atomic E-state index is 0.166. The molecule has 0 saturated carbocycles. The summed E-state index contributed by atoms with van der Waals surface area (Å²) in [7, 11) is 0. The van der Waals surface area contributed by atoms with Crippen LogP contribution in [0.3, 0.4) is 0 Å². The molecule has 30 heavy (non-hydrogen) atoms. The van der Waals surface area contributed by atoms with Crippen LogP contribution in [0.1, 0.15) is 25.8 Å². The van der Waals surface area contributed by atoms with Crippen molar-refractivity contribution in [2.24, 2.45) is 5.92 Å². The van der Waals surface area contributed by atoms with Gasteiger partial charge in [-0.05, 0) is 24.0 Å². The maximum atomic E-state index is 13.5. The predicted octanol–water partition coefficient (Wildman–Crippen LogP) is 2.05. The van der Waals surface area contributed by atoms with Crippen LogP contribution in [0.25, 0.3) is 0 Å². The van der Waals surface area contributed by atoms with E-state index in [0.29, 0.717) is 19.0 Å². The molecule has 0 unspecified atom stereocenters. The first-order chi connectivity index (χ1) is 14.5. The third-order valence-electron chi connectivity index (χ3n) is 5.71. The van der Waals surface area contributed by atoms with Gasteiger partial charge in [-0.1, -0.05) is 44.2 Å². The number of hydrogen-bond donors (Lipinski definition) is 1. The molecule has 0 radical (unpaired) electrons. The molecule has 0 aliphatic carbocycles. The van der Waals surface area contributed by atoms with Gasteiger partial charge in [-0.25, -0.2) is 19.7 Å². The van der Waals surface area contributed by atoms with Crippen molar-refractivity contribution in [1.29, 1.82) is 0 Å². The van der Waals surface area contributed by atoms with E-state index in [9.17, 15) is 9.59 Å². The second kappa shape index (κ2) is 8.39. The van der Waals surface area contributed by atoms with E-state index in [0.717, 1.165) is 31.7 Å². The van der Waals surface area contributed by atoms with Crippen LogP contribution < -0.4 is 10.2 Å². The summed E-state index contributed by atoms with van der Waals surface area (Å²) in [6.07, 6.45) is 4.04. The average molecular weight is 409 g/mol. The molecule has 2 aliphatic heterocycles. The molecule has 1 atom stereocenters. The second-order valence-electron chi connectivity index (χ2n) is 8.33. The molecule has 8 heteroatoms. The fourth-order valence-electron chi connectivity index (χ4n) is 4.29. The lowest BCUT2D eigenvalue weighted by Crippen LogP contribution is -2.52. The lowest BCUT2D eigenvalue weighted by Gasteiger charge is -2.36. The van der Waals surface area contributed by atoms with E-state index in [1.54, 1.807) is 18.5 Å². The molecule has 8 nitrogen and oxygen atoms in total. The highest BCUT2D eigenvalue weighted by atomic mass is 16.2. The van der Waals surface area contributed by atoms with Crippen molar-refractivity contribution in [2.75, 3.05) is 37.7 Å². The van der Waals surface area contributed by atoms with E-state index in [1.165, 1.54) is 4.90 Å². The largest absolute Gasteiger partial charge is 0.338 e. The number of benzene rings is 1. The molecular weight excluding hydrogens is 380 g/mol. The zero-order valence-electron chi connectivity index (χ0n) is 17.5. The number of piperazine rings is 1. The van der Waals surface area contributed by atoms with E-state index < -0.39 is 5.54 Å². The Labute approximate surface area is 176 Å². The Morgan fingerprint density at radius 3 is 2.30 bits per heavy atom. The molecule has 1 aromatic carbocycles. The van der Waals surface area contributed by atoms with Crippen molar-refractivity contribution in [1.82, 2.24) is 25.1 Å². The zero-order valence-corrected chi connectivity index (χ0v) is 17.5. The Kier molecular flexibility index (Phi) is 5.67. The van der Waals surface area contributed by atoms with Gasteiger partial charge in [0.15, 0.2) is 0 Å². The number of urea groups is 1. The number of hydrogen-bond acceptors (Lipinski definition) is 6. The van der Waals surface area contributed by atoms with Crippen LogP contribution in [-0.4, -0.2) is 64.6 Å². The summed E-state index contributed by atoms with van der Waals surface area (Å²) in [6, 6.07) is 11.0. The fourth-order valence-corrected chi connectivity index (χ4v) is 4.29. The van der Waals surface area contributed by atoms with Gasteiger partial charge >= 0.3 is 6.03 Å². The van der Waals surface area contributed by atoms with Gasteiger partial charge in [-0.3, -0.25) is 9.69 Å². The number of imide groups is 1. The molecular formula is C22H28N6O2. The minimum atomic E-state index is -0.994. The monoisotopic (exact) mass is 408 g/mol. The summed E-state index contributed by atoms with van der Waals surface area (Å²) in [6.45, 7) is 7.40. The topological polar surface area (TPSA) is 81.7 Å². The Morgan fingerprint density at radius 1 is 1.00 bits per heavy atom. The van der Waals surface area contributed by atoms with Gasteiger partial charge in [0.25, 0.3) is 5.91 Å². The Bertz CT molecular complexity index is 883. The summed E-state index contributed by atoms with van der Waals surface area (Å²) in [5.74, 6) is 0.803. The van der Waals surface area contributed by atoms with Crippen molar-refractivity contribution < 1.29 is 9.59 Å². The normalized spacial score (nSPS) is 22.6. The third kappa shape index (κ3) is 3.87. The summed E-state index contributed by atoms with van der Waals surface area (Å²) in [5.41, 5.74) is -0.155. The molecule has 2 aliphatic rings. The molecule has 2 aromatic rings. The van der Waals surface area contributed by atoms with Gasteiger partial charge in [0.2, 0.25) is 5.95 Å². The summed E-state index contributed by atoms with van der Waals surface area (Å²) in [4.78, 5) is 40.6. The molecule has 2 saturated heterocycles. The molecule has 0 spiro atoms. The van der Waals surface area contributed by atoms with Gasteiger partial charge in [-0.2, -0.15) is 0 Å². The molecule has 1 aromatic heterocycles. The van der Waals surface area contributed by atoms with Crippen molar-refractivity contribution >= 4 is 17.9 Å². The van der Waals surface area contributed by atoms with Crippen molar-refractivity contribution in [3.63, 3.8) is 0 Å². The Morgan fingerprint density at radius 2 is 1.67 bits per heavy atom. The number of rotatable bonds is 6. The van der Waals surface area contributed by atoms with Crippen LogP contribution in [-0.2, 0) is 10.3 Å². The lowest BCUT2D eigenvalue weighted by molar-refractivity contribution is -0.133. The van der Waals surface area contributed by atoms with Crippen LogP contribution in [0.2, 0.25) is 0 Å². The van der Waals surface area contributed by atoms with E-state index in [1.807, 2.05) is 30.3 Å². The maximum absolute atomic E-state index is 13.5. The maximum Gasteiger partial charge on any atom is 0.326 e. The lowest BCUT2D eigenvalue weighted by atomic mass is 9.82. The summed E-state index contributed by atoms with van der Waals surface area (Å²) in [5, 5.41) is 3.02. The summed E-state index contributed by atoms with van der Waals surface area (Å²) < 4.78 is 0. The number of amides is 3. The highest BCUT2D eigenvalue weighted by Gasteiger charge is 2.52. The molecule has 158 valence electrons. The molecule has 2 fully saturated rings. The van der Waals surface area contributed by atoms with Crippen molar-refractivity contribution in [3.8, 4) is 0 Å². The quantitative estimate of drug-likeness (QED) is 0.737. The van der Waals surface area contributed by atoms with Gasteiger partial charge in [0.05, 0.1) is 6.67 Å². The second-order valence-corrected chi connectivity index (χ2v) is 8.33. The number of nitrogens with one attached hydrogen (secondary N) is 1. The van der Waals surface area contributed by atoms with Gasteiger partial charge < -0.3 is 10.2 Å². The minimum Gasteiger partial charge on any atom is -0.338 e. The fraction of sp³-hybridized carbons (Fsp3) is 0.455. The van der Waals surface area contributed by atoms with Crippen LogP contribution in [0, 0.1) is 5.92 Å². The highest BCUT2D eigenvalue weighted by molar-refractivity contribution is 6.07. The van der Waals surface area contributed by atoms with Crippen molar-refractivity contribution in [3.05, 3.63) is 54.4 Å². The molecule has 0 bridgehead atoms. The number of anilines is 1. The molecule has 3 amide bonds. The highest BCUT2D eigenvalue weighted by Crippen LogP contribution is 2.35. The first-order valence-electron chi connectivity index (χ1n) is 10.4. The molecule has 4 rings (SSSR count). The standard InChI is InChI=1S/C22H28N6O2/c1-17(2)15-22(18-7-4-3-5-8-18)19(29)28(21(30)25-22)16-26-11-13-27(14-12-26)20-23-9-6-10-24-20/h3-10,17H,11-16H2,1-2H3,(H,25,30)/t22-/m1/s1. The first kappa shape index (κ1) is 20.3. The van der Waals surface area contributed by atoms with Crippen molar-refractivity contribution in [2.45, 2.75) is 25.8 Å². The number of aromatic nitrogens is 2. The molecule has 1 N–H and O–H groups in total. The zero-order chi connectivity index (χ0) is 21.1. The van der Waals surface area contributed by atoms with Crippen LogP contribution in [0.4, 0.5) is 10.7 Å². The summed E-state index contributed by atoms with van der Waals surface area (Å²) >= 11 is 0. The van der Waals surface area contributed by atoms with Crippen LogP contribution in [0.15, 0.2) is 48.8 Å². The Balaban J connectivity index is 1.46. The molecule has 3 heterocycles. The number of carbonyl (C=O) groups excluding carboxylic acids is 2. The SMILES string of the molecule is CC(C)C[C@]1(c2ccccc2)NC(=O)N(CN2CCN(c3ncccn3)CC2)C1=O. The van der Waals surface area contributed by atoms with E-state index in [2.05, 4.69) is 38.9 Å². The smallest absolute Gasteiger partial charge is 0.326 e. The van der Waals surface area contributed by atoms with E-state index in [-0.39, 0.29) is 17.9 Å². The van der Waals surface area contributed by atoms with Crippen LogP contribution in [0.5, 0.6) is 0 Å². The van der Waals surface area contributed by atoms with Crippen LogP contribution >= 0.6 is 0 Å². The van der Waals surface area contributed by atoms with E-state index >= 15 is 0 Å². The Hall–Kier alpha value is -3.00. The average Bonchev–Trinajstić information content (AvgIpc) is 3.00.